The Balaban J connectivity index is 2.04. The van der Waals surface area contributed by atoms with Gasteiger partial charge < -0.3 is 9.64 Å². The van der Waals surface area contributed by atoms with Crippen LogP contribution in [0.2, 0.25) is 0 Å². The fourth-order valence-corrected chi connectivity index (χ4v) is 1.87. The number of nitrogens with zero attached hydrogens (tertiary/aromatic N) is 1. The number of hydrogen-bond acceptors (Lipinski definition) is 2. The highest BCUT2D eigenvalue weighted by atomic mass is 16.5. The summed E-state index contributed by atoms with van der Waals surface area (Å²) in [6.45, 7) is 7.40. The van der Waals surface area contributed by atoms with Gasteiger partial charge in [-0.25, -0.2) is 0 Å². The molecule has 1 saturated heterocycles. The molecule has 2 aliphatic rings. The fraction of sp³-hybridized carbons (Fsp3) is 0.900. The van der Waals surface area contributed by atoms with Gasteiger partial charge in [0.15, 0.2) is 0 Å². The fourth-order valence-electron chi connectivity index (χ4n) is 1.87. The van der Waals surface area contributed by atoms with Gasteiger partial charge in [-0.15, -0.1) is 0 Å². The zero-order valence-corrected chi connectivity index (χ0v) is 8.54. The van der Waals surface area contributed by atoms with Gasteiger partial charge in [0.2, 0.25) is 5.91 Å². The van der Waals surface area contributed by atoms with Crippen LogP contribution in [-0.2, 0) is 9.53 Å². The summed E-state index contributed by atoms with van der Waals surface area (Å²) in [5.41, 5.74) is -0.0978. The maximum Gasteiger partial charge on any atom is 0.228 e. The lowest BCUT2D eigenvalue weighted by Crippen LogP contribution is -2.45. The van der Waals surface area contributed by atoms with Gasteiger partial charge in [0.1, 0.15) is 6.73 Å². The van der Waals surface area contributed by atoms with E-state index < -0.39 is 0 Å². The van der Waals surface area contributed by atoms with Crippen molar-refractivity contribution in [3.8, 4) is 0 Å². The van der Waals surface area contributed by atoms with Crippen molar-refractivity contribution in [1.82, 2.24) is 4.90 Å². The summed E-state index contributed by atoms with van der Waals surface area (Å²) in [5, 5.41) is 0. The molecule has 3 heteroatoms. The Morgan fingerprint density at radius 1 is 1.54 bits per heavy atom. The highest BCUT2D eigenvalue weighted by molar-refractivity contribution is 5.82. The van der Waals surface area contributed by atoms with Crippen LogP contribution in [0.15, 0.2) is 0 Å². The van der Waals surface area contributed by atoms with E-state index in [1.54, 1.807) is 0 Å². The summed E-state index contributed by atoms with van der Waals surface area (Å²) in [7, 11) is 0. The van der Waals surface area contributed by atoms with E-state index >= 15 is 0 Å². The molecule has 0 aromatic rings. The third kappa shape index (κ3) is 1.46. The highest BCUT2D eigenvalue weighted by Gasteiger charge is 2.46. The van der Waals surface area contributed by atoms with E-state index in [0.717, 1.165) is 6.42 Å². The van der Waals surface area contributed by atoms with Crippen LogP contribution >= 0.6 is 0 Å². The van der Waals surface area contributed by atoms with Crippen molar-refractivity contribution in [3.05, 3.63) is 0 Å². The molecule has 0 N–H and O–H groups in total. The number of carbonyl (C=O) groups is 1. The van der Waals surface area contributed by atoms with Crippen LogP contribution in [0.1, 0.15) is 27.2 Å². The Bertz CT molecular complexity index is 237. The summed E-state index contributed by atoms with van der Waals surface area (Å²) in [5.74, 6) is 1.15. The second-order valence-electron chi connectivity index (χ2n) is 4.88. The Labute approximate surface area is 79.0 Å². The number of rotatable bonds is 1. The average Bonchev–Trinajstić information content (AvgIpc) is 2.64. The minimum absolute atomic E-state index is 0.0978. The highest BCUT2D eigenvalue weighted by Crippen LogP contribution is 2.41. The van der Waals surface area contributed by atoms with E-state index in [4.69, 9.17) is 4.74 Å². The van der Waals surface area contributed by atoms with Crippen molar-refractivity contribution in [2.75, 3.05) is 13.3 Å². The molecule has 0 aromatic heterocycles. The molecule has 1 heterocycles. The first-order valence-electron chi connectivity index (χ1n) is 4.91. The molecule has 0 bridgehead atoms. The van der Waals surface area contributed by atoms with Gasteiger partial charge in [0.05, 0.1) is 12.1 Å². The number of hydrogen-bond donors (Lipinski definition) is 0. The topological polar surface area (TPSA) is 29.5 Å². The molecule has 1 aliphatic heterocycles. The second kappa shape index (κ2) is 2.71. The molecule has 2 unspecified atom stereocenters. The second-order valence-corrected chi connectivity index (χ2v) is 4.88. The first kappa shape index (κ1) is 9.00. The zero-order valence-electron chi connectivity index (χ0n) is 8.54. The van der Waals surface area contributed by atoms with Crippen LogP contribution in [0.4, 0.5) is 0 Å². The van der Waals surface area contributed by atoms with Crippen LogP contribution in [0, 0.1) is 11.8 Å². The third-order valence-corrected chi connectivity index (χ3v) is 3.10. The summed E-state index contributed by atoms with van der Waals surface area (Å²) in [4.78, 5) is 13.8. The van der Waals surface area contributed by atoms with Crippen molar-refractivity contribution in [2.45, 2.75) is 32.7 Å². The molecule has 2 rings (SSSR count). The van der Waals surface area contributed by atoms with Crippen molar-refractivity contribution in [3.63, 3.8) is 0 Å². The predicted molar refractivity (Wildman–Crippen MR) is 49.0 cm³/mol. The molecule has 2 fully saturated rings. The molecule has 0 spiro atoms. The molecule has 0 radical (unpaired) electrons. The maximum absolute atomic E-state index is 11.9. The maximum atomic E-state index is 11.9. The zero-order chi connectivity index (χ0) is 9.64. The average molecular weight is 183 g/mol. The minimum Gasteiger partial charge on any atom is -0.359 e. The first-order valence-corrected chi connectivity index (χ1v) is 4.91. The van der Waals surface area contributed by atoms with Gasteiger partial charge in [-0.05, 0) is 26.2 Å². The van der Waals surface area contributed by atoms with Crippen molar-refractivity contribution in [2.24, 2.45) is 11.8 Å². The summed E-state index contributed by atoms with van der Waals surface area (Å²) < 4.78 is 5.31. The molecule has 3 nitrogen and oxygen atoms in total. The van der Waals surface area contributed by atoms with Crippen molar-refractivity contribution >= 4 is 5.91 Å². The Morgan fingerprint density at radius 3 is 2.54 bits per heavy atom. The number of amides is 1. The van der Waals surface area contributed by atoms with Crippen LogP contribution < -0.4 is 0 Å². The van der Waals surface area contributed by atoms with Gasteiger partial charge in [-0.3, -0.25) is 4.79 Å². The molecule has 0 aromatic carbocycles. The molecule has 1 amide bonds. The smallest absolute Gasteiger partial charge is 0.228 e. The third-order valence-electron chi connectivity index (χ3n) is 3.10. The molecule has 74 valence electrons. The van der Waals surface area contributed by atoms with E-state index in [0.29, 0.717) is 19.3 Å². The molecule has 2 atom stereocenters. The van der Waals surface area contributed by atoms with E-state index in [9.17, 15) is 4.79 Å². The van der Waals surface area contributed by atoms with E-state index in [2.05, 4.69) is 20.8 Å². The summed E-state index contributed by atoms with van der Waals surface area (Å²) in [6, 6.07) is 0. The molecule has 1 saturated carbocycles. The monoisotopic (exact) mass is 183 g/mol. The Kier molecular flexibility index (Phi) is 1.88. The normalized spacial score (nSPS) is 36.4. The van der Waals surface area contributed by atoms with Gasteiger partial charge in [-0.2, -0.15) is 0 Å². The van der Waals surface area contributed by atoms with E-state index in [1.807, 2.05) is 4.90 Å². The van der Waals surface area contributed by atoms with Gasteiger partial charge >= 0.3 is 0 Å². The lowest BCUT2D eigenvalue weighted by molar-refractivity contribution is -0.136. The predicted octanol–water partition coefficient (Wildman–Crippen LogP) is 1.24. The quantitative estimate of drug-likeness (QED) is 0.612. The van der Waals surface area contributed by atoms with Crippen LogP contribution in [-0.4, -0.2) is 29.7 Å². The molecule has 1 aliphatic carbocycles. The Morgan fingerprint density at radius 2 is 2.15 bits per heavy atom. The first-order chi connectivity index (χ1) is 6.02. The summed E-state index contributed by atoms with van der Waals surface area (Å²) in [6.07, 6.45) is 1.06. The van der Waals surface area contributed by atoms with Crippen LogP contribution in [0.3, 0.4) is 0 Å². The van der Waals surface area contributed by atoms with Gasteiger partial charge in [0.25, 0.3) is 0 Å². The lowest BCUT2D eigenvalue weighted by Gasteiger charge is -2.29. The SMILES string of the molecule is CC1CC1C(=O)N1COCC1(C)C. The largest absolute Gasteiger partial charge is 0.359 e. The van der Waals surface area contributed by atoms with E-state index in [-0.39, 0.29) is 17.4 Å². The molecule has 13 heavy (non-hydrogen) atoms. The van der Waals surface area contributed by atoms with Crippen LogP contribution in [0.5, 0.6) is 0 Å². The Hall–Kier alpha value is -0.570. The van der Waals surface area contributed by atoms with E-state index in [1.165, 1.54) is 0 Å². The lowest BCUT2D eigenvalue weighted by atomic mass is 10.1. The number of ether oxygens (including phenoxy) is 1. The summed E-state index contributed by atoms with van der Waals surface area (Å²) >= 11 is 0. The molecular weight excluding hydrogens is 166 g/mol. The molecular formula is C10H17NO2. The number of carbonyl (C=O) groups excluding carboxylic acids is 1. The minimum atomic E-state index is -0.0978. The van der Waals surface area contributed by atoms with Crippen molar-refractivity contribution in [1.29, 1.82) is 0 Å². The van der Waals surface area contributed by atoms with Gasteiger partial charge in [0, 0.05) is 5.92 Å². The van der Waals surface area contributed by atoms with Gasteiger partial charge in [-0.1, -0.05) is 6.92 Å². The van der Waals surface area contributed by atoms with Crippen LogP contribution in [0.25, 0.3) is 0 Å². The standard InChI is InChI=1S/C10H17NO2/c1-7-4-8(7)9(12)11-6-13-5-10(11,2)3/h7-8H,4-6H2,1-3H3. The van der Waals surface area contributed by atoms with Crippen molar-refractivity contribution < 1.29 is 9.53 Å².